The van der Waals surface area contributed by atoms with Crippen molar-refractivity contribution in [2.24, 2.45) is 0 Å². The molecule has 0 aliphatic carbocycles. The molecule has 1 aliphatic rings. The molecular formula is C22H13Cl2F2N3O2. The molecule has 0 fully saturated rings. The first-order valence-corrected chi connectivity index (χ1v) is 9.77. The molecule has 31 heavy (non-hydrogen) atoms. The third-order valence-electron chi connectivity index (χ3n) is 4.62. The second-order valence-corrected chi connectivity index (χ2v) is 7.53. The fourth-order valence-corrected chi connectivity index (χ4v) is 3.67. The van der Waals surface area contributed by atoms with E-state index >= 15 is 0 Å². The minimum atomic E-state index is -1.10. The van der Waals surface area contributed by atoms with Gasteiger partial charge in [0.25, 0.3) is 11.8 Å². The number of nitrogens with one attached hydrogen (secondary N) is 1. The monoisotopic (exact) mass is 459 g/mol. The zero-order valence-corrected chi connectivity index (χ0v) is 17.2. The summed E-state index contributed by atoms with van der Waals surface area (Å²) in [6.45, 7) is -0.0246. The molecule has 5 nitrogen and oxygen atoms in total. The topological polar surface area (TPSA) is 62.3 Å². The van der Waals surface area contributed by atoms with Crippen LogP contribution in [0.15, 0.2) is 66.6 Å². The van der Waals surface area contributed by atoms with Crippen LogP contribution in [-0.4, -0.2) is 21.7 Å². The van der Waals surface area contributed by atoms with Crippen LogP contribution in [0, 0.1) is 11.6 Å². The predicted octanol–water partition coefficient (Wildman–Crippen LogP) is 5.06. The zero-order valence-electron chi connectivity index (χ0n) is 15.7. The molecule has 0 bridgehead atoms. The third-order valence-corrected chi connectivity index (χ3v) is 5.17. The van der Waals surface area contributed by atoms with Gasteiger partial charge in [-0.1, -0.05) is 35.3 Å². The fourth-order valence-electron chi connectivity index (χ4n) is 3.17. The average molecular weight is 460 g/mol. The molecule has 0 unspecified atom stereocenters. The molecule has 4 rings (SSSR count). The van der Waals surface area contributed by atoms with E-state index in [0.717, 1.165) is 17.0 Å². The Morgan fingerprint density at radius 1 is 0.968 bits per heavy atom. The molecule has 9 heteroatoms. The second-order valence-electron chi connectivity index (χ2n) is 6.69. The first kappa shape index (κ1) is 21.0. The van der Waals surface area contributed by atoms with Gasteiger partial charge in [0.1, 0.15) is 5.70 Å². The maximum Gasteiger partial charge on any atom is 0.278 e. The quantitative estimate of drug-likeness (QED) is 0.541. The Bertz CT molecular complexity index is 1230. The summed E-state index contributed by atoms with van der Waals surface area (Å²) in [5.41, 5.74) is 0.910. The summed E-state index contributed by atoms with van der Waals surface area (Å²) >= 11 is 12.3. The Kier molecular flexibility index (Phi) is 5.71. The summed E-state index contributed by atoms with van der Waals surface area (Å²) in [6.07, 6.45) is 3.11. The third kappa shape index (κ3) is 4.15. The van der Waals surface area contributed by atoms with Crippen molar-refractivity contribution in [2.75, 3.05) is 5.32 Å². The molecule has 1 aliphatic heterocycles. The predicted molar refractivity (Wildman–Crippen MR) is 113 cm³/mol. The van der Waals surface area contributed by atoms with Gasteiger partial charge in [0.2, 0.25) is 0 Å². The van der Waals surface area contributed by atoms with Crippen LogP contribution in [0.2, 0.25) is 10.0 Å². The summed E-state index contributed by atoms with van der Waals surface area (Å²) < 4.78 is 27.0. The molecule has 1 aromatic heterocycles. The molecule has 0 radical (unpaired) electrons. The second kappa shape index (κ2) is 8.45. The summed E-state index contributed by atoms with van der Waals surface area (Å²) in [7, 11) is 0. The highest BCUT2D eigenvalue weighted by atomic mass is 35.5. The van der Waals surface area contributed by atoms with Crippen molar-refractivity contribution in [1.29, 1.82) is 0 Å². The number of amides is 2. The number of carbonyl (C=O) groups excluding carboxylic acids is 2. The Hall–Kier alpha value is -3.29. The molecule has 0 spiro atoms. The van der Waals surface area contributed by atoms with Crippen molar-refractivity contribution in [3.8, 4) is 0 Å². The number of pyridine rings is 1. The highest BCUT2D eigenvalue weighted by Gasteiger charge is 2.40. The molecular weight excluding hydrogens is 447 g/mol. The number of aromatic nitrogens is 1. The zero-order chi connectivity index (χ0) is 22.1. The number of rotatable bonds is 5. The standard InChI is InChI=1S/C22H13Cl2F2N3O2/c23-13-3-5-15(16(24)8-13)19-20(28-14-4-6-17(25)18(26)9-14)22(31)29(21(19)30)11-12-2-1-7-27-10-12/h1-10,28H,11H2. The van der Waals surface area contributed by atoms with E-state index in [4.69, 9.17) is 23.2 Å². The number of hydrogen-bond donors (Lipinski definition) is 1. The van der Waals surface area contributed by atoms with Crippen LogP contribution < -0.4 is 5.32 Å². The van der Waals surface area contributed by atoms with Crippen molar-refractivity contribution in [2.45, 2.75) is 6.54 Å². The summed E-state index contributed by atoms with van der Waals surface area (Å²) in [5.74, 6) is -3.36. The minimum Gasteiger partial charge on any atom is -0.350 e. The van der Waals surface area contributed by atoms with Crippen LogP contribution in [0.4, 0.5) is 14.5 Å². The van der Waals surface area contributed by atoms with Crippen LogP contribution in [0.25, 0.3) is 5.57 Å². The van der Waals surface area contributed by atoms with E-state index < -0.39 is 23.4 Å². The Balaban J connectivity index is 1.79. The number of hydrogen-bond acceptors (Lipinski definition) is 4. The van der Waals surface area contributed by atoms with Crippen molar-refractivity contribution < 1.29 is 18.4 Å². The average Bonchev–Trinajstić information content (AvgIpc) is 2.96. The van der Waals surface area contributed by atoms with Gasteiger partial charge in [0, 0.05) is 34.7 Å². The lowest BCUT2D eigenvalue weighted by molar-refractivity contribution is -0.137. The van der Waals surface area contributed by atoms with Gasteiger partial charge in [-0.2, -0.15) is 0 Å². The first-order chi connectivity index (χ1) is 14.8. The van der Waals surface area contributed by atoms with Crippen LogP contribution in [0.5, 0.6) is 0 Å². The summed E-state index contributed by atoms with van der Waals surface area (Å²) in [4.78, 5) is 31.4. The van der Waals surface area contributed by atoms with Crippen molar-refractivity contribution in [1.82, 2.24) is 9.88 Å². The molecule has 0 atom stereocenters. The number of imide groups is 1. The molecule has 3 aromatic rings. The molecule has 1 N–H and O–H groups in total. The van der Waals surface area contributed by atoms with Gasteiger partial charge >= 0.3 is 0 Å². The molecule has 2 amide bonds. The van der Waals surface area contributed by atoms with Gasteiger partial charge in [0.15, 0.2) is 11.6 Å². The molecule has 156 valence electrons. The van der Waals surface area contributed by atoms with Gasteiger partial charge in [-0.15, -0.1) is 0 Å². The number of halogens is 4. The summed E-state index contributed by atoms with van der Waals surface area (Å²) in [6, 6.07) is 11.0. The van der Waals surface area contributed by atoms with Gasteiger partial charge < -0.3 is 5.32 Å². The Morgan fingerprint density at radius 3 is 2.45 bits per heavy atom. The maximum absolute atomic E-state index is 13.7. The van der Waals surface area contributed by atoms with Gasteiger partial charge in [0.05, 0.1) is 17.1 Å². The van der Waals surface area contributed by atoms with Gasteiger partial charge in [-0.3, -0.25) is 19.5 Å². The lowest BCUT2D eigenvalue weighted by atomic mass is 10.0. The smallest absolute Gasteiger partial charge is 0.278 e. The van der Waals surface area contributed by atoms with Crippen LogP contribution in [0.3, 0.4) is 0 Å². The number of anilines is 1. The lowest BCUT2D eigenvalue weighted by Crippen LogP contribution is -2.32. The van der Waals surface area contributed by atoms with Crippen LogP contribution in [-0.2, 0) is 16.1 Å². The molecule has 0 saturated carbocycles. The first-order valence-electron chi connectivity index (χ1n) is 9.02. The van der Waals surface area contributed by atoms with E-state index in [0.29, 0.717) is 10.6 Å². The minimum absolute atomic E-state index is 0.000269. The van der Waals surface area contributed by atoms with E-state index in [2.05, 4.69) is 10.3 Å². The van der Waals surface area contributed by atoms with Crippen LogP contribution in [0.1, 0.15) is 11.1 Å². The van der Waals surface area contributed by atoms with E-state index in [1.165, 1.54) is 30.5 Å². The van der Waals surface area contributed by atoms with Crippen LogP contribution >= 0.6 is 23.2 Å². The highest BCUT2D eigenvalue weighted by molar-refractivity contribution is 6.41. The molecule has 0 saturated heterocycles. The Labute approximate surface area is 185 Å². The van der Waals surface area contributed by atoms with Crippen molar-refractivity contribution in [3.63, 3.8) is 0 Å². The maximum atomic E-state index is 13.7. The lowest BCUT2D eigenvalue weighted by Gasteiger charge is -2.15. The van der Waals surface area contributed by atoms with Crippen molar-refractivity contribution >= 4 is 46.3 Å². The van der Waals surface area contributed by atoms with E-state index in [1.807, 2.05) is 0 Å². The van der Waals surface area contributed by atoms with Gasteiger partial charge in [-0.05, 0) is 35.9 Å². The van der Waals surface area contributed by atoms with Gasteiger partial charge in [-0.25, -0.2) is 8.78 Å². The fraction of sp³-hybridized carbons (Fsp3) is 0.0455. The Morgan fingerprint density at radius 2 is 1.77 bits per heavy atom. The SMILES string of the molecule is O=C1C(Nc2ccc(F)c(F)c2)=C(c2ccc(Cl)cc2Cl)C(=O)N1Cc1cccnc1. The largest absolute Gasteiger partial charge is 0.350 e. The summed E-state index contributed by atoms with van der Waals surface area (Å²) in [5, 5.41) is 3.27. The van der Waals surface area contributed by atoms with E-state index in [9.17, 15) is 18.4 Å². The highest BCUT2D eigenvalue weighted by Crippen LogP contribution is 2.36. The number of benzene rings is 2. The molecule has 2 heterocycles. The van der Waals surface area contributed by atoms with Crippen molar-refractivity contribution in [3.05, 3.63) is 99.4 Å². The molecule has 2 aromatic carbocycles. The van der Waals surface area contributed by atoms with E-state index in [-0.39, 0.29) is 34.1 Å². The van der Waals surface area contributed by atoms with E-state index in [1.54, 1.807) is 18.3 Å². The number of carbonyl (C=O) groups is 2. The number of nitrogens with zero attached hydrogens (tertiary/aromatic N) is 2. The normalized spacial score (nSPS) is 13.9.